The van der Waals surface area contributed by atoms with E-state index in [1.54, 1.807) is 0 Å². The summed E-state index contributed by atoms with van der Waals surface area (Å²) in [6.45, 7) is 3.47. The van der Waals surface area contributed by atoms with E-state index in [-0.39, 0.29) is 5.91 Å². The van der Waals surface area contributed by atoms with E-state index >= 15 is 0 Å². The molecule has 0 bridgehead atoms. The zero-order valence-corrected chi connectivity index (χ0v) is 13.9. The standard InChI is InChI=1S/C18H26N2O3/c1-19(10-4-6-15-7-5-12-22-15)14-18(21)20-11-13-23-17-9-3-2-8-16(17)20/h2-3,8-9,15H,4-7,10-14H2,1H3/t15-/m0/s1. The number of anilines is 1. The second kappa shape index (κ2) is 7.79. The van der Waals surface area contributed by atoms with Crippen LogP contribution < -0.4 is 9.64 Å². The molecular formula is C18H26N2O3. The van der Waals surface area contributed by atoms with Gasteiger partial charge in [0.25, 0.3) is 0 Å². The van der Waals surface area contributed by atoms with Crippen molar-refractivity contribution in [1.29, 1.82) is 0 Å². The maximum absolute atomic E-state index is 12.6. The van der Waals surface area contributed by atoms with E-state index in [4.69, 9.17) is 9.47 Å². The molecule has 0 N–H and O–H groups in total. The summed E-state index contributed by atoms with van der Waals surface area (Å²) in [5.74, 6) is 0.938. The Morgan fingerprint density at radius 2 is 2.22 bits per heavy atom. The minimum Gasteiger partial charge on any atom is -0.490 e. The molecule has 0 aliphatic carbocycles. The minimum absolute atomic E-state index is 0.139. The number of carbonyl (C=O) groups excluding carboxylic acids is 1. The van der Waals surface area contributed by atoms with Gasteiger partial charge >= 0.3 is 0 Å². The van der Waals surface area contributed by atoms with Gasteiger partial charge in [-0.25, -0.2) is 0 Å². The van der Waals surface area contributed by atoms with Crippen LogP contribution in [0, 0.1) is 0 Å². The Balaban J connectivity index is 1.47. The number of carbonyl (C=O) groups is 1. The van der Waals surface area contributed by atoms with Gasteiger partial charge in [0.15, 0.2) is 0 Å². The summed E-state index contributed by atoms with van der Waals surface area (Å²) in [6.07, 6.45) is 4.99. The van der Waals surface area contributed by atoms with Crippen molar-refractivity contribution in [2.24, 2.45) is 0 Å². The molecular weight excluding hydrogens is 292 g/mol. The highest BCUT2D eigenvalue weighted by Crippen LogP contribution is 2.30. The van der Waals surface area contributed by atoms with Gasteiger partial charge in [0.05, 0.1) is 24.9 Å². The van der Waals surface area contributed by atoms with Gasteiger partial charge in [-0.2, -0.15) is 0 Å². The lowest BCUT2D eigenvalue weighted by Crippen LogP contribution is -2.43. The minimum atomic E-state index is 0.139. The van der Waals surface area contributed by atoms with E-state index in [1.807, 2.05) is 36.2 Å². The third kappa shape index (κ3) is 4.24. The van der Waals surface area contributed by atoms with Gasteiger partial charge in [0.2, 0.25) is 5.91 Å². The molecule has 3 rings (SSSR count). The Morgan fingerprint density at radius 1 is 1.35 bits per heavy atom. The molecule has 1 aromatic carbocycles. The zero-order valence-electron chi connectivity index (χ0n) is 13.9. The molecule has 1 atom stereocenters. The molecule has 23 heavy (non-hydrogen) atoms. The molecule has 2 heterocycles. The number of para-hydroxylation sites is 2. The first-order valence-corrected chi connectivity index (χ1v) is 8.56. The Morgan fingerprint density at radius 3 is 3.04 bits per heavy atom. The number of likely N-dealkylation sites (N-methyl/N-ethyl adjacent to an activating group) is 1. The van der Waals surface area contributed by atoms with E-state index in [0.717, 1.165) is 37.4 Å². The van der Waals surface area contributed by atoms with Crippen LogP contribution in [0.15, 0.2) is 24.3 Å². The van der Waals surface area contributed by atoms with Crippen LogP contribution in [0.25, 0.3) is 0 Å². The van der Waals surface area contributed by atoms with Gasteiger partial charge in [0, 0.05) is 6.61 Å². The van der Waals surface area contributed by atoms with Crippen LogP contribution in [0.4, 0.5) is 5.69 Å². The summed E-state index contributed by atoms with van der Waals surface area (Å²) < 4.78 is 11.3. The summed E-state index contributed by atoms with van der Waals surface area (Å²) in [4.78, 5) is 16.5. The second-order valence-corrected chi connectivity index (χ2v) is 6.38. The van der Waals surface area contributed by atoms with Crippen LogP contribution in [-0.2, 0) is 9.53 Å². The lowest BCUT2D eigenvalue weighted by Gasteiger charge is -2.30. The highest BCUT2D eigenvalue weighted by Gasteiger charge is 2.24. The van der Waals surface area contributed by atoms with Crippen LogP contribution in [0.5, 0.6) is 5.75 Å². The van der Waals surface area contributed by atoms with Crippen LogP contribution in [-0.4, -0.2) is 56.8 Å². The third-order valence-corrected chi connectivity index (χ3v) is 4.52. The molecule has 2 aliphatic rings. The Bertz CT molecular complexity index is 529. The average Bonchev–Trinajstić information content (AvgIpc) is 3.07. The van der Waals surface area contributed by atoms with Crippen molar-refractivity contribution in [2.45, 2.75) is 31.8 Å². The van der Waals surface area contributed by atoms with Crippen LogP contribution in [0.3, 0.4) is 0 Å². The topological polar surface area (TPSA) is 42.0 Å². The molecule has 5 heteroatoms. The van der Waals surface area contributed by atoms with Gasteiger partial charge in [-0.15, -0.1) is 0 Å². The van der Waals surface area contributed by atoms with Gasteiger partial charge in [0.1, 0.15) is 12.4 Å². The number of nitrogens with zero attached hydrogens (tertiary/aromatic N) is 2. The molecule has 126 valence electrons. The predicted molar refractivity (Wildman–Crippen MR) is 90.0 cm³/mol. The van der Waals surface area contributed by atoms with E-state index in [1.165, 1.54) is 12.8 Å². The fourth-order valence-electron chi connectivity index (χ4n) is 3.28. The number of ether oxygens (including phenoxy) is 2. The van der Waals surface area contributed by atoms with Crippen molar-refractivity contribution in [3.8, 4) is 5.75 Å². The molecule has 2 aliphatic heterocycles. The summed E-state index contributed by atoms with van der Waals surface area (Å²) in [7, 11) is 2.01. The van der Waals surface area contributed by atoms with Crippen molar-refractivity contribution >= 4 is 11.6 Å². The van der Waals surface area contributed by atoms with Crippen LogP contribution >= 0.6 is 0 Å². The lowest BCUT2D eigenvalue weighted by molar-refractivity contribution is -0.119. The Kier molecular flexibility index (Phi) is 5.51. The van der Waals surface area contributed by atoms with E-state index in [9.17, 15) is 4.79 Å². The summed E-state index contributed by atoms with van der Waals surface area (Å²) >= 11 is 0. The summed E-state index contributed by atoms with van der Waals surface area (Å²) in [6, 6.07) is 7.74. The SMILES string of the molecule is CN(CCC[C@H]1CCCO1)CC(=O)N1CCOc2ccccc21. The first kappa shape index (κ1) is 16.3. The fourth-order valence-corrected chi connectivity index (χ4v) is 3.28. The maximum Gasteiger partial charge on any atom is 0.241 e. The van der Waals surface area contributed by atoms with Crippen LogP contribution in [0.2, 0.25) is 0 Å². The number of benzene rings is 1. The molecule has 1 amide bonds. The Labute approximate surface area is 138 Å². The molecule has 1 aromatic rings. The van der Waals surface area contributed by atoms with Crippen molar-refractivity contribution in [1.82, 2.24) is 4.90 Å². The molecule has 0 unspecified atom stereocenters. The average molecular weight is 318 g/mol. The van der Waals surface area contributed by atoms with E-state index in [0.29, 0.717) is 25.8 Å². The molecule has 1 fully saturated rings. The van der Waals surface area contributed by atoms with E-state index < -0.39 is 0 Å². The molecule has 0 spiro atoms. The van der Waals surface area contributed by atoms with Gasteiger partial charge < -0.3 is 14.4 Å². The van der Waals surface area contributed by atoms with Crippen molar-refractivity contribution in [3.05, 3.63) is 24.3 Å². The van der Waals surface area contributed by atoms with Crippen molar-refractivity contribution < 1.29 is 14.3 Å². The van der Waals surface area contributed by atoms with Gasteiger partial charge in [-0.1, -0.05) is 12.1 Å². The van der Waals surface area contributed by atoms with Gasteiger partial charge in [-0.05, 0) is 51.4 Å². The largest absolute Gasteiger partial charge is 0.490 e. The summed E-state index contributed by atoms with van der Waals surface area (Å²) in [5, 5.41) is 0. The first-order chi connectivity index (χ1) is 11.2. The predicted octanol–water partition coefficient (Wildman–Crippen LogP) is 2.30. The second-order valence-electron chi connectivity index (χ2n) is 6.38. The highest BCUT2D eigenvalue weighted by molar-refractivity contribution is 5.96. The molecule has 0 radical (unpaired) electrons. The smallest absolute Gasteiger partial charge is 0.241 e. The number of fused-ring (bicyclic) bond motifs is 1. The zero-order chi connectivity index (χ0) is 16.1. The molecule has 0 aromatic heterocycles. The first-order valence-electron chi connectivity index (χ1n) is 8.56. The Hall–Kier alpha value is -1.59. The molecule has 1 saturated heterocycles. The quantitative estimate of drug-likeness (QED) is 0.807. The van der Waals surface area contributed by atoms with E-state index in [2.05, 4.69) is 4.90 Å². The maximum atomic E-state index is 12.6. The van der Waals surface area contributed by atoms with Gasteiger partial charge in [-0.3, -0.25) is 9.69 Å². The lowest BCUT2D eigenvalue weighted by atomic mass is 10.1. The number of amides is 1. The van der Waals surface area contributed by atoms with Crippen molar-refractivity contribution in [3.63, 3.8) is 0 Å². The van der Waals surface area contributed by atoms with Crippen molar-refractivity contribution in [2.75, 3.05) is 44.8 Å². The summed E-state index contributed by atoms with van der Waals surface area (Å²) in [5.41, 5.74) is 0.886. The van der Waals surface area contributed by atoms with Crippen LogP contribution in [0.1, 0.15) is 25.7 Å². The fraction of sp³-hybridized carbons (Fsp3) is 0.611. The highest BCUT2D eigenvalue weighted by atomic mass is 16.5. The monoisotopic (exact) mass is 318 g/mol. The molecule has 0 saturated carbocycles. The number of hydrogen-bond donors (Lipinski definition) is 0. The molecule has 5 nitrogen and oxygen atoms in total. The third-order valence-electron chi connectivity index (χ3n) is 4.52. The number of rotatable bonds is 6. The normalized spacial score (nSPS) is 20.4. The number of hydrogen-bond acceptors (Lipinski definition) is 4.